The molecule has 0 heterocycles. The molecule has 1 nitrogen and oxygen atoms in total. The van der Waals surface area contributed by atoms with E-state index in [2.05, 4.69) is 39.5 Å². The largest absolute Gasteiger partial charge is 0.304 e. The summed E-state index contributed by atoms with van der Waals surface area (Å²) in [4.78, 5) is 2.63. The third-order valence-corrected chi connectivity index (χ3v) is 4.18. The van der Waals surface area contributed by atoms with E-state index in [-0.39, 0.29) is 0 Å². The van der Waals surface area contributed by atoms with Crippen LogP contribution in [-0.4, -0.2) is 24.5 Å². The molecule has 0 fully saturated rings. The first kappa shape index (κ1) is 17.0. The van der Waals surface area contributed by atoms with Gasteiger partial charge in [-0.3, -0.25) is 0 Å². The van der Waals surface area contributed by atoms with Crippen LogP contribution in [0.4, 0.5) is 0 Å². The lowest BCUT2D eigenvalue weighted by Crippen LogP contribution is -2.26. The van der Waals surface area contributed by atoms with Gasteiger partial charge < -0.3 is 4.90 Å². The Bertz CT molecular complexity index is 140. The van der Waals surface area contributed by atoms with E-state index in [1.807, 2.05) is 0 Å². The zero-order valence-electron chi connectivity index (χ0n) is 13.0. The topological polar surface area (TPSA) is 3.24 Å². The molecule has 0 bridgehead atoms. The van der Waals surface area contributed by atoms with E-state index >= 15 is 0 Å². The second-order valence-electron chi connectivity index (χ2n) is 5.75. The van der Waals surface area contributed by atoms with E-state index in [0.717, 1.165) is 11.8 Å². The highest BCUT2D eigenvalue weighted by Gasteiger charge is 2.05. The molecule has 0 aliphatic rings. The Labute approximate surface area is 110 Å². The van der Waals surface area contributed by atoms with E-state index < -0.39 is 0 Å². The zero-order valence-corrected chi connectivity index (χ0v) is 13.0. The van der Waals surface area contributed by atoms with E-state index in [0.29, 0.717) is 0 Å². The monoisotopic (exact) mass is 241 g/mol. The van der Waals surface area contributed by atoms with Crippen molar-refractivity contribution in [3.63, 3.8) is 0 Å². The van der Waals surface area contributed by atoms with Crippen LogP contribution < -0.4 is 0 Å². The minimum atomic E-state index is 0.911. The lowest BCUT2D eigenvalue weighted by atomic mass is 10.0. The Balaban J connectivity index is 3.55. The molecule has 0 radical (unpaired) electrons. The number of hydrogen-bond acceptors (Lipinski definition) is 1. The molecule has 0 rings (SSSR count). The summed E-state index contributed by atoms with van der Waals surface area (Å²) in [6.07, 6.45) is 8.23. The lowest BCUT2D eigenvalue weighted by molar-refractivity contribution is 0.262. The molecular formula is C16H35N. The Morgan fingerprint density at radius 3 is 1.47 bits per heavy atom. The molecule has 0 aliphatic heterocycles. The molecule has 2 unspecified atom stereocenters. The Morgan fingerprint density at radius 2 is 1.18 bits per heavy atom. The van der Waals surface area contributed by atoms with Gasteiger partial charge in [-0.05, 0) is 57.2 Å². The van der Waals surface area contributed by atoms with Gasteiger partial charge in [0.05, 0.1) is 0 Å². The quantitative estimate of drug-likeness (QED) is 0.494. The van der Waals surface area contributed by atoms with Crippen LogP contribution in [0.15, 0.2) is 0 Å². The average molecular weight is 241 g/mol. The van der Waals surface area contributed by atoms with Crippen LogP contribution in [0.1, 0.15) is 73.1 Å². The summed E-state index contributed by atoms with van der Waals surface area (Å²) in [7, 11) is 0. The summed E-state index contributed by atoms with van der Waals surface area (Å²) in [5, 5.41) is 0. The van der Waals surface area contributed by atoms with Crippen molar-refractivity contribution < 1.29 is 0 Å². The molecule has 0 aromatic rings. The number of nitrogens with zero attached hydrogens (tertiary/aromatic N) is 1. The SMILES string of the molecule is CCC(C)CCCN(CC)CCCC(C)CC. The average Bonchev–Trinajstić information content (AvgIpc) is 2.36. The van der Waals surface area contributed by atoms with Crippen LogP contribution in [-0.2, 0) is 0 Å². The molecule has 0 spiro atoms. The van der Waals surface area contributed by atoms with Gasteiger partial charge in [-0.25, -0.2) is 0 Å². The molecular weight excluding hydrogens is 206 g/mol. The van der Waals surface area contributed by atoms with Crippen LogP contribution in [0.5, 0.6) is 0 Å². The van der Waals surface area contributed by atoms with Crippen molar-refractivity contribution in [2.75, 3.05) is 19.6 Å². The van der Waals surface area contributed by atoms with Crippen LogP contribution in [0, 0.1) is 11.8 Å². The molecule has 0 aromatic carbocycles. The van der Waals surface area contributed by atoms with Gasteiger partial charge in [-0.15, -0.1) is 0 Å². The minimum Gasteiger partial charge on any atom is -0.304 e. The summed E-state index contributed by atoms with van der Waals surface area (Å²) in [5.41, 5.74) is 0. The van der Waals surface area contributed by atoms with Crippen LogP contribution in [0.25, 0.3) is 0 Å². The Hall–Kier alpha value is -0.0400. The normalized spacial score (nSPS) is 15.2. The van der Waals surface area contributed by atoms with Gasteiger partial charge in [0.15, 0.2) is 0 Å². The molecule has 0 amide bonds. The first-order valence-corrected chi connectivity index (χ1v) is 7.86. The van der Waals surface area contributed by atoms with Gasteiger partial charge >= 0.3 is 0 Å². The number of rotatable bonds is 11. The predicted octanol–water partition coefficient (Wildman–Crippen LogP) is 4.96. The maximum Gasteiger partial charge on any atom is -0.00188 e. The van der Waals surface area contributed by atoms with Crippen LogP contribution in [0.3, 0.4) is 0 Å². The number of hydrogen-bond donors (Lipinski definition) is 0. The third-order valence-electron chi connectivity index (χ3n) is 4.18. The fraction of sp³-hybridized carbons (Fsp3) is 1.00. The molecule has 0 aliphatic carbocycles. The first-order chi connectivity index (χ1) is 8.13. The van der Waals surface area contributed by atoms with Crippen molar-refractivity contribution >= 4 is 0 Å². The van der Waals surface area contributed by atoms with Gasteiger partial charge in [0.2, 0.25) is 0 Å². The van der Waals surface area contributed by atoms with Crippen molar-refractivity contribution in [1.29, 1.82) is 0 Å². The van der Waals surface area contributed by atoms with E-state index in [9.17, 15) is 0 Å². The molecule has 0 aromatic heterocycles. The van der Waals surface area contributed by atoms with Crippen molar-refractivity contribution in [3.05, 3.63) is 0 Å². The van der Waals surface area contributed by atoms with Gasteiger partial charge in [0, 0.05) is 0 Å². The van der Waals surface area contributed by atoms with Crippen molar-refractivity contribution in [2.45, 2.75) is 73.1 Å². The molecule has 1 heteroatoms. The van der Waals surface area contributed by atoms with Gasteiger partial charge in [0.1, 0.15) is 0 Å². The molecule has 0 saturated heterocycles. The van der Waals surface area contributed by atoms with Gasteiger partial charge in [-0.2, -0.15) is 0 Å². The van der Waals surface area contributed by atoms with Crippen molar-refractivity contribution in [3.8, 4) is 0 Å². The molecule has 17 heavy (non-hydrogen) atoms. The summed E-state index contributed by atoms with van der Waals surface area (Å²) >= 11 is 0. The first-order valence-electron chi connectivity index (χ1n) is 7.86. The third kappa shape index (κ3) is 9.64. The maximum atomic E-state index is 2.63. The summed E-state index contributed by atoms with van der Waals surface area (Å²) in [5.74, 6) is 1.82. The molecule has 0 saturated carbocycles. The summed E-state index contributed by atoms with van der Waals surface area (Å²) < 4.78 is 0. The highest BCUT2D eigenvalue weighted by molar-refractivity contribution is 4.60. The summed E-state index contributed by atoms with van der Waals surface area (Å²) in [6.45, 7) is 15.5. The molecule has 104 valence electrons. The highest BCUT2D eigenvalue weighted by Crippen LogP contribution is 2.12. The summed E-state index contributed by atoms with van der Waals surface area (Å²) in [6, 6.07) is 0. The van der Waals surface area contributed by atoms with Gasteiger partial charge in [-0.1, -0.05) is 47.5 Å². The Morgan fingerprint density at radius 1 is 0.765 bits per heavy atom. The maximum absolute atomic E-state index is 2.63. The fourth-order valence-corrected chi connectivity index (χ4v) is 2.16. The smallest absolute Gasteiger partial charge is 0.00188 e. The van der Waals surface area contributed by atoms with E-state index in [1.165, 1.54) is 58.2 Å². The van der Waals surface area contributed by atoms with Crippen molar-refractivity contribution in [1.82, 2.24) is 4.90 Å². The highest BCUT2D eigenvalue weighted by atomic mass is 15.1. The molecule has 2 atom stereocenters. The standard InChI is InChI=1S/C16H35N/c1-6-15(4)11-9-13-17(8-3)14-10-12-16(5)7-2/h15-16H,6-14H2,1-5H3. The predicted molar refractivity (Wildman–Crippen MR) is 79.5 cm³/mol. The zero-order chi connectivity index (χ0) is 13.1. The Kier molecular flexibility index (Phi) is 11.0. The van der Waals surface area contributed by atoms with Gasteiger partial charge in [0.25, 0.3) is 0 Å². The van der Waals surface area contributed by atoms with Crippen LogP contribution in [0.2, 0.25) is 0 Å². The second-order valence-corrected chi connectivity index (χ2v) is 5.75. The van der Waals surface area contributed by atoms with E-state index in [1.54, 1.807) is 0 Å². The lowest BCUT2D eigenvalue weighted by Gasteiger charge is -2.21. The second kappa shape index (κ2) is 11.1. The fourth-order valence-electron chi connectivity index (χ4n) is 2.16. The van der Waals surface area contributed by atoms with E-state index in [4.69, 9.17) is 0 Å². The molecule has 0 N–H and O–H groups in total. The minimum absolute atomic E-state index is 0.911. The van der Waals surface area contributed by atoms with Crippen LogP contribution >= 0.6 is 0 Å². The van der Waals surface area contributed by atoms with Crippen molar-refractivity contribution in [2.24, 2.45) is 11.8 Å².